The van der Waals surface area contributed by atoms with Crippen LogP contribution in [0, 0.1) is 5.92 Å². The van der Waals surface area contributed by atoms with E-state index in [2.05, 4.69) is 19.2 Å². The van der Waals surface area contributed by atoms with Gasteiger partial charge in [-0.15, -0.1) is 0 Å². The van der Waals surface area contributed by atoms with Crippen molar-refractivity contribution >= 4 is 5.97 Å². The lowest BCUT2D eigenvalue weighted by Crippen LogP contribution is -2.49. The number of nitrogens with one attached hydrogen (secondary N) is 1. The maximum absolute atomic E-state index is 11.5. The lowest BCUT2D eigenvalue weighted by atomic mass is 9.99. The predicted molar refractivity (Wildman–Crippen MR) is 64.4 cm³/mol. The number of likely N-dealkylation sites (N-methyl/N-ethyl adjacent to an activating group) is 1. The minimum atomic E-state index is -0.646. The molecule has 0 bridgehead atoms. The molecule has 0 aromatic heterocycles. The fraction of sp³-hybridized carbons (Fsp3) is 0.917. The van der Waals surface area contributed by atoms with Crippen LogP contribution in [0.2, 0.25) is 0 Å². The van der Waals surface area contributed by atoms with Crippen LogP contribution in [-0.2, 0) is 14.3 Å². The summed E-state index contributed by atoms with van der Waals surface area (Å²) in [5, 5.41) is 2.97. The van der Waals surface area contributed by atoms with Crippen LogP contribution < -0.4 is 5.32 Å². The van der Waals surface area contributed by atoms with Crippen LogP contribution >= 0.6 is 0 Å². The summed E-state index contributed by atoms with van der Waals surface area (Å²) in [4.78, 5) is 11.5. The number of carbonyl (C=O) groups excluding carboxylic acids is 1. The van der Waals surface area contributed by atoms with E-state index in [-0.39, 0.29) is 5.97 Å². The Balaban J connectivity index is 3.83. The number of hydrogen-bond acceptors (Lipinski definition) is 4. The highest BCUT2D eigenvalue weighted by Gasteiger charge is 2.31. The first-order valence-corrected chi connectivity index (χ1v) is 5.81. The van der Waals surface area contributed by atoms with E-state index in [1.165, 1.54) is 7.11 Å². The topological polar surface area (TPSA) is 47.6 Å². The Labute approximate surface area is 98.7 Å². The Morgan fingerprint density at radius 1 is 1.38 bits per heavy atom. The minimum absolute atomic E-state index is 0.248. The fourth-order valence-electron chi connectivity index (χ4n) is 1.25. The van der Waals surface area contributed by atoms with E-state index in [4.69, 9.17) is 9.47 Å². The molecular formula is C12H25NO3. The monoisotopic (exact) mass is 231 g/mol. The number of esters is 1. The summed E-state index contributed by atoms with van der Waals surface area (Å²) in [6.45, 7) is 7.47. The number of hydrogen-bond donors (Lipinski definition) is 1. The second-order valence-electron chi connectivity index (χ2n) is 4.62. The van der Waals surface area contributed by atoms with Gasteiger partial charge in [0.2, 0.25) is 0 Å². The van der Waals surface area contributed by atoms with Gasteiger partial charge < -0.3 is 14.8 Å². The molecule has 0 amide bonds. The maximum Gasteiger partial charge on any atom is 0.325 e. The van der Waals surface area contributed by atoms with Crippen LogP contribution in [-0.4, -0.2) is 38.9 Å². The molecule has 0 rings (SSSR count). The summed E-state index contributed by atoms with van der Waals surface area (Å²) in [6.07, 6.45) is 1.67. The zero-order valence-electron chi connectivity index (χ0n) is 11.1. The van der Waals surface area contributed by atoms with Crippen molar-refractivity contribution in [3.63, 3.8) is 0 Å². The lowest BCUT2D eigenvalue weighted by Gasteiger charge is -2.25. The van der Waals surface area contributed by atoms with E-state index in [1.807, 2.05) is 6.92 Å². The Kier molecular flexibility index (Phi) is 7.34. The molecule has 1 N–H and O–H groups in total. The van der Waals surface area contributed by atoms with Gasteiger partial charge in [0.25, 0.3) is 0 Å². The molecule has 0 saturated heterocycles. The highest BCUT2D eigenvalue weighted by atomic mass is 16.5. The number of ether oxygens (including phenoxy) is 2. The van der Waals surface area contributed by atoms with Gasteiger partial charge in [-0.25, -0.2) is 0 Å². The maximum atomic E-state index is 11.5. The van der Waals surface area contributed by atoms with Gasteiger partial charge in [0, 0.05) is 13.2 Å². The molecule has 0 saturated carbocycles. The summed E-state index contributed by atoms with van der Waals surface area (Å²) >= 11 is 0. The van der Waals surface area contributed by atoms with Crippen LogP contribution in [0.3, 0.4) is 0 Å². The molecule has 0 spiro atoms. The van der Waals surface area contributed by atoms with Gasteiger partial charge in [0.05, 0.1) is 7.11 Å². The average molecular weight is 231 g/mol. The molecule has 0 aliphatic rings. The average Bonchev–Trinajstić information content (AvgIpc) is 2.26. The van der Waals surface area contributed by atoms with Crippen molar-refractivity contribution in [1.29, 1.82) is 0 Å². The lowest BCUT2D eigenvalue weighted by molar-refractivity contribution is -0.148. The molecule has 0 aromatic carbocycles. The molecule has 0 aromatic rings. The highest BCUT2D eigenvalue weighted by Crippen LogP contribution is 2.11. The molecule has 0 radical (unpaired) electrons. The molecular weight excluding hydrogens is 206 g/mol. The minimum Gasteiger partial charge on any atom is -0.468 e. The third kappa shape index (κ3) is 5.47. The van der Waals surface area contributed by atoms with E-state index in [0.29, 0.717) is 18.9 Å². The SMILES string of the molecule is CNC(C)(CCOCCC(C)C)C(=O)OC. The van der Waals surface area contributed by atoms with E-state index in [0.717, 1.165) is 13.0 Å². The van der Waals surface area contributed by atoms with Gasteiger partial charge in [-0.05, 0) is 32.7 Å². The van der Waals surface area contributed by atoms with Crippen LogP contribution in [0.25, 0.3) is 0 Å². The molecule has 0 aliphatic heterocycles. The third-order valence-electron chi connectivity index (χ3n) is 2.77. The van der Waals surface area contributed by atoms with Crippen LogP contribution in [0.4, 0.5) is 0 Å². The quantitative estimate of drug-likeness (QED) is 0.509. The van der Waals surface area contributed by atoms with Gasteiger partial charge in [-0.1, -0.05) is 13.8 Å². The van der Waals surface area contributed by atoms with Gasteiger partial charge in [0.15, 0.2) is 0 Å². The summed E-state index contributed by atoms with van der Waals surface area (Å²) in [5.74, 6) is 0.402. The number of methoxy groups -OCH3 is 1. The van der Waals surface area contributed by atoms with Crippen molar-refractivity contribution < 1.29 is 14.3 Å². The largest absolute Gasteiger partial charge is 0.468 e. The molecule has 0 heterocycles. The van der Waals surface area contributed by atoms with Crippen LogP contribution in [0.15, 0.2) is 0 Å². The van der Waals surface area contributed by atoms with E-state index < -0.39 is 5.54 Å². The van der Waals surface area contributed by atoms with E-state index in [1.54, 1.807) is 7.05 Å². The smallest absolute Gasteiger partial charge is 0.325 e. The highest BCUT2D eigenvalue weighted by molar-refractivity contribution is 5.80. The second kappa shape index (κ2) is 7.63. The van der Waals surface area contributed by atoms with Crippen molar-refractivity contribution in [3.8, 4) is 0 Å². The molecule has 16 heavy (non-hydrogen) atoms. The first kappa shape index (κ1) is 15.4. The van der Waals surface area contributed by atoms with Crippen LogP contribution in [0.5, 0.6) is 0 Å². The Bertz CT molecular complexity index is 206. The summed E-state index contributed by atoms with van der Waals surface area (Å²) < 4.78 is 10.2. The molecule has 96 valence electrons. The summed E-state index contributed by atoms with van der Waals surface area (Å²) in [5.41, 5.74) is -0.646. The van der Waals surface area contributed by atoms with E-state index >= 15 is 0 Å². The van der Waals surface area contributed by atoms with Crippen LogP contribution in [0.1, 0.15) is 33.6 Å². The van der Waals surface area contributed by atoms with Crippen molar-refractivity contribution in [1.82, 2.24) is 5.32 Å². The standard InChI is InChI=1S/C12H25NO3/c1-10(2)6-8-16-9-7-12(3,13-4)11(14)15-5/h10,13H,6-9H2,1-5H3. The zero-order chi connectivity index (χ0) is 12.6. The fourth-order valence-corrected chi connectivity index (χ4v) is 1.25. The van der Waals surface area contributed by atoms with E-state index in [9.17, 15) is 4.79 Å². The van der Waals surface area contributed by atoms with Gasteiger partial charge >= 0.3 is 5.97 Å². The summed E-state index contributed by atoms with van der Waals surface area (Å²) in [6, 6.07) is 0. The van der Waals surface area contributed by atoms with Crippen molar-refractivity contribution in [3.05, 3.63) is 0 Å². The first-order chi connectivity index (χ1) is 7.46. The molecule has 4 heteroatoms. The molecule has 0 aliphatic carbocycles. The third-order valence-corrected chi connectivity index (χ3v) is 2.77. The zero-order valence-corrected chi connectivity index (χ0v) is 11.1. The molecule has 4 nitrogen and oxygen atoms in total. The molecule has 1 unspecified atom stereocenters. The predicted octanol–water partition coefficient (Wildman–Crippen LogP) is 1.59. The summed E-state index contributed by atoms with van der Waals surface area (Å²) in [7, 11) is 3.16. The Morgan fingerprint density at radius 3 is 2.44 bits per heavy atom. The normalized spacial score (nSPS) is 14.9. The van der Waals surface area contributed by atoms with Gasteiger partial charge in [0.1, 0.15) is 5.54 Å². The van der Waals surface area contributed by atoms with Crippen molar-refractivity contribution in [2.45, 2.75) is 39.2 Å². The van der Waals surface area contributed by atoms with Gasteiger partial charge in [-0.3, -0.25) is 4.79 Å². The second-order valence-corrected chi connectivity index (χ2v) is 4.62. The Hall–Kier alpha value is -0.610. The first-order valence-electron chi connectivity index (χ1n) is 5.81. The van der Waals surface area contributed by atoms with Gasteiger partial charge in [-0.2, -0.15) is 0 Å². The number of carbonyl (C=O) groups is 1. The van der Waals surface area contributed by atoms with Crippen molar-refractivity contribution in [2.75, 3.05) is 27.4 Å². The molecule has 1 atom stereocenters. The number of rotatable bonds is 8. The molecule has 0 fully saturated rings. The Morgan fingerprint density at radius 2 is 2.00 bits per heavy atom. The van der Waals surface area contributed by atoms with Crippen molar-refractivity contribution in [2.24, 2.45) is 5.92 Å².